The summed E-state index contributed by atoms with van der Waals surface area (Å²) in [6.07, 6.45) is 0.930. The zero-order chi connectivity index (χ0) is 22.1. The van der Waals surface area contributed by atoms with Crippen LogP contribution in [-0.4, -0.2) is 76.4 Å². The molecule has 0 aromatic carbocycles. The Morgan fingerprint density at radius 2 is 1.41 bits per heavy atom. The van der Waals surface area contributed by atoms with Gasteiger partial charge in [0.2, 0.25) is 5.91 Å². The zero-order valence-corrected chi connectivity index (χ0v) is 18.8. The van der Waals surface area contributed by atoms with Crippen molar-refractivity contribution >= 4 is 12.0 Å². The quantitative estimate of drug-likeness (QED) is 0.324. The van der Waals surface area contributed by atoms with Crippen molar-refractivity contribution in [1.29, 1.82) is 0 Å². The zero-order valence-electron chi connectivity index (χ0n) is 18.8. The van der Waals surface area contributed by atoms with Crippen molar-refractivity contribution in [3.63, 3.8) is 0 Å². The first-order valence-corrected chi connectivity index (χ1v) is 10.4. The Morgan fingerprint density at radius 1 is 0.897 bits per heavy atom. The van der Waals surface area contributed by atoms with Crippen molar-refractivity contribution in [2.75, 3.05) is 52.7 Å². The van der Waals surface area contributed by atoms with E-state index in [0.717, 1.165) is 6.42 Å². The molecule has 0 aliphatic carbocycles. The third-order valence-corrected chi connectivity index (χ3v) is 3.62. The van der Waals surface area contributed by atoms with Gasteiger partial charge in [-0.2, -0.15) is 0 Å². The van der Waals surface area contributed by atoms with Crippen LogP contribution in [0.5, 0.6) is 0 Å². The number of hydrogen-bond donors (Lipinski definition) is 3. The van der Waals surface area contributed by atoms with Gasteiger partial charge >= 0.3 is 6.09 Å². The molecule has 0 spiro atoms. The highest BCUT2D eigenvalue weighted by molar-refractivity contribution is 5.85. The average molecular weight is 420 g/mol. The Kier molecular flexibility index (Phi) is 15.6. The summed E-state index contributed by atoms with van der Waals surface area (Å²) in [6.45, 7) is 13.4. The SMILES string of the molecule is CC(C)[C@@H](NC(=O)OC(C)(C)C)C(=O)NCCCOCCOCCOCCCN. The predicted molar refractivity (Wildman–Crippen MR) is 112 cm³/mol. The molecule has 172 valence electrons. The molecule has 9 nitrogen and oxygen atoms in total. The highest BCUT2D eigenvalue weighted by atomic mass is 16.6. The monoisotopic (exact) mass is 419 g/mol. The lowest BCUT2D eigenvalue weighted by Gasteiger charge is -2.25. The third kappa shape index (κ3) is 17.2. The molecule has 0 fully saturated rings. The molecule has 0 aliphatic heterocycles. The molecule has 29 heavy (non-hydrogen) atoms. The van der Waals surface area contributed by atoms with Crippen molar-refractivity contribution in [2.45, 2.75) is 59.1 Å². The molecule has 4 N–H and O–H groups in total. The smallest absolute Gasteiger partial charge is 0.408 e. The van der Waals surface area contributed by atoms with E-state index in [-0.39, 0.29) is 11.8 Å². The Hall–Kier alpha value is -1.42. The summed E-state index contributed by atoms with van der Waals surface area (Å²) in [5.41, 5.74) is 4.76. The van der Waals surface area contributed by atoms with E-state index in [2.05, 4.69) is 10.6 Å². The van der Waals surface area contributed by atoms with Gasteiger partial charge in [0.05, 0.1) is 26.4 Å². The Bertz CT molecular complexity index is 440. The number of hydrogen-bond acceptors (Lipinski definition) is 7. The summed E-state index contributed by atoms with van der Waals surface area (Å²) in [5, 5.41) is 5.45. The van der Waals surface area contributed by atoms with Gasteiger partial charge in [0.1, 0.15) is 11.6 Å². The lowest BCUT2D eigenvalue weighted by atomic mass is 10.0. The second-order valence-electron chi connectivity index (χ2n) is 7.99. The first kappa shape index (κ1) is 27.6. The molecule has 0 aliphatic rings. The molecule has 0 bridgehead atoms. The molecule has 0 radical (unpaired) electrons. The van der Waals surface area contributed by atoms with Gasteiger partial charge in [0, 0.05) is 19.8 Å². The predicted octanol–water partition coefficient (Wildman–Crippen LogP) is 1.44. The van der Waals surface area contributed by atoms with Gasteiger partial charge < -0.3 is 35.3 Å². The Labute approximate surface area is 175 Å². The molecule has 9 heteroatoms. The maximum absolute atomic E-state index is 12.3. The largest absolute Gasteiger partial charge is 0.444 e. The topological polar surface area (TPSA) is 121 Å². The number of alkyl carbamates (subject to hydrolysis) is 1. The molecule has 0 saturated carbocycles. The summed E-state index contributed by atoms with van der Waals surface area (Å²) in [4.78, 5) is 24.2. The van der Waals surface area contributed by atoms with Crippen molar-refractivity contribution < 1.29 is 28.5 Å². The number of carbonyl (C=O) groups excluding carboxylic acids is 2. The van der Waals surface area contributed by atoms with Crippen LogP contribution >= 0.6 is 0 Å². The van der Waals surface area contributed by atoms with Gasteiger partial charge in [-0.1, -0.05) is 13.8 Å². The summed E-state index contributed by atoms with van der Waals surface area (Å²) in [6, 6.07) is -0.647. The third-order valence-electron chi connectivity index (χ3n) is 3.62. The van der Waals surface area contributed by atoms with Crippen LogP contribution in [0, 0.1) is 5.92 Å². The number of rotatable bonds is 16. The lowest BCUT2D eigenvalue weighted by molar-refractivity contribution is -0.124. The fourth-order valence-electron chi connectivity index (χ4n) is 2.19. The summed E-state index contributed by atoms with van der Waals surface area (Å²) >= 11 is 0. The highest BCUT2D eigenvalue weighted by Gasteiger charge is 2.26. The van der Waals surface area contributed by atoms with Crippen LogP contribution in [0.15, 0.2) is 0 Å². The molecule has 2 amide bonds. The summed E-state index contributed by atoms with van der Waals surface area (Å²) < 4.78 is 21.4. The van der Waals surface area contributed by atoms with Crippen LogP contribution in [0.1, 0.15) is 47.5 Å². The first-order valence-electron chi connectivity index (χ1n) is 10.4. The molecule has 0 heterocycles. The minimum Gasteiger partial charge on any atom is -0.444 e. The standard InChI is InChI=1S/C20H41N3O6/c1-16(2)17(23-19(25)29-20(3,4)5)18(24)22-9-7-11-27-13-15-28-14-12-26-10-6-8-21/h16-17H,6-15,21H2,1-5H3,(H,22,24)(H,23,25)/t17-/m1/s1. The molecular formula is C20H41N3O6. The Morgan fingerprint density at radius 3 is 1.90 bits per heavy atom. The van der Waals surface area contributed by atoms with Crippen molar-refractivity contribution in [3.05, 3.63) is 0 Å². The van der Waals surface area contributed by atoms with Gasteiger partial charge in [-0.3, -0.25) is 4.79 Å². The molecule has 0 unspecified atom stereocenters. The summed E-state index contributed by atoms with van der Waals surface area (Å²) in [5.74, 6) is -0.293. The van der Waals surface area contributed by atoms with E-state index in [1.54, 1.807) is 20.8 Å². The highest BCUT2D eigenvalue weighted by Crippen LogP contribution is 2.08. The van der Waals surface area contributed by atoms with Crippen LogP contribution in [0.3, 0.4) is 0 Å². The number of amides is 2. The molecule has 0 rings (SSSR count). The van der Waals surface area contributed by atoms with E-state index in [1.165, 1.54) is 0 Å². The van der Waals surface area contributed by atoms with E-state index in [9.17, 15) is 9.59 Å². The lowest BCUT2D eigenvalue weighted by Crippen LogP contribution is -2.51. The first-order chi connectivity index (χ1) is 13.7. The van der Waals surface area contributed by atoms with E-state index in [4.69, 9.17) is 24.7 Å². The van der Waals surface area contributed by atoms with Gasteiger partial charge in [-0.05, 0) is 46.1 Å². The van der Waals surface area contributed by atoms with Crippen LogP contribution in [0.4, 0.5) is 4.79 Å². The van der Waals surface area contributed by atoms with Crippen LogP contribution in [0.25, 0.3) is 0 Å². The molecule has 0 aromatic heterocycles. The van der Waals surface area contributed by atoms with Crippen molar-refractivity contribution in [2.24, 2.45) is 11.7 Å². The van der Waals surface area contributed by atoms with Gasteiger partial charge in [0.15, 0.2) is 0 Å². The molecule has 0 aromatic rings. The van der Waals surface area contributed by atoms with Crippen LogP contribution < -0.4 is 16.4 Å². The van der Waals surface area contributed by atoms with Crippen LogP contribution in [0.2, 0.25) is 0 Å². The maximum atomic E-state index is 12.3. The molecule has 1 atom stereocenters. The number of nitrogens with two attached hydrogens (primary N) is 1. The number of ether oxygens (including phenoxy) is 4. The Balaban J connectivity index is 3.78. The molecule has 0 saturated heterocycles. The fourth-order valence-corrected chi connectivity index (χ4v) is 2.19. The summed E-state index contributed by atoms with van der Waals surface area (Å²) in [7, 11) is 0. The van der Waals surface area contributed by atoms with E-state index in [1.807, 2.05) is 13.8 Å². The second-order valence-corrected chi connectivity index (χ2v) is 7.99. The van der Waals surface area contributed by atoms with Crippen molar-refractivity contribution in [1.82, 2.24) is 10.6 Å². The minimum atomic E-state index is -0.647. The normalized spacial score (nSPS) is 12.7. The van der Waals surface area contributed by atoms with E-state index in [0.29, 0.717) is 59.2 Å². The van der Waals surface area contributed by atoms with E-state index >= 15 is 0 Å². The van der Waals surface area contributed by atoms with Gasteiger partial charge in [-0.25, -0.2) is 4.79 Å². The number of nitrogens with one attached hydrogen (secondary N) is 2. The van der Waals surface area contributed by atoms with Crippen molar-refractivity contribution in [3.8, 4) is 0 Å². The number of carbonyl (C=O) groups is 2. The maximum Gasteiger partial charge on any atom is 0.408 e. The van der Waals surface area contributed by atoms with Gasteiger partial charge in [-0.15, -0.1) is 0 Å². The minimum absolute atomic E-state index is 0.0600. The van der Waals surface area contributed by atoms with Gasteiger partial charge in [0.25, 0.3) is 0 Å². The van der Waals surface area contributed by atoms with Crippen LogP contribution in [-0.2, 0) is 23.7 Å². The molecular weight excluding hydrogens is 378 g/mol. The average Bonchev–Trinajstić information content (AvgIpc) is 2.61. The fraction of sp³-hybridized carbons (Fsp3) is 0.900. The second kappa shape index (κ2) is 16.4. The van der Waals surface area contributed by atoms with E-state index < -0.39 is 17.7 Å².